The number of nitrogens with zero attached hydrogens (tertiary/aromatic N) is 3. The average molecular weight is 757 g/mol. The minimum Gasteiger partial charge on any atom is -0.557 e. The van der Waals surface area contributed by atoms with E-state index in [9.17, 15) is 0 Å². The second kappa shape index (κ2) is 13.1. The molecule has 0 aliphatic heterocycles. The van der Waals surface area contributed by atoms with Crippen LogP contribution >= 0.6 is 0 Å². The van der Waals surface area contributed by atoms with Crippen LogP contribution in [0.4, 0.5) is 0 Å². The molecule has 0 bridgehead atoms. The van der Waals surface area contributed by atoms with Crippen molar-refractivity contribution in [3.8, 4) is 28.3 Å². The fourth-order valence-electron chi connectivity index (χ4n) is 5.57. The van der Waals surface area contributed by atoms with Crippen LogP contribution in [0.3, 0.4) is 0 Å². The molecule has 223 valence electrons. The van der Waals surface area contributed by atoms with Crippen LogP contribution in [-0.2, 0) is 20.1 Å². The van der Waals surface area contributed by atoms with Crippen molar-refractivity contribution in [2.24, 2.45) is 0 Å². The summed E-state index contributed by atoms with van der Waals surface area (Å²) in [5.74, 6) is 1.31. The molecular weight excluding hydrogens is 719 g/mol. The first-order chi connectivity index (χ1) is 22.0. The van der Waals surface area contributed by atoms with Crippen LogP contribution in [0.15, 0.2) is 102 Å². The van der Waals surface area contributed by atoms with E-state index in [2.05, 4.69) is 105 Å². The minimum absolute atomic E-state index is 0. The van der Waals surface area contributed by atoms with Gasteiger partial charge in [-0.1, -0.05) is 84.5 Å². The summed E-state index contributed by atoms with van der Waals surface area (Å²) in [5.41, 5.74) is 11.8. The third-order valence-electron chi connectivity index (χ3n) is 7.60. The van der Waals surface area contributed by atoms with Gasteiger partial charge in [0.15, 0.2) is 0 Å². The normalized spacial score (nSPS) is 12.3. The number of aromatic nitrogens is 3. The summed E-state index contributed by atoms with van der Waals surface area (Å²) in [7, 11) is 0. The molecule has 3 aromatic heterocycles. The summed E-state index contributed by atoms with van der Waals surface area (Å²) < 4.78 is 29.8. The van der Waals surface area contributed by atoms with Crippen molar-refractivity contribution in [1.82, 2.24) is 14.5 Å². The number of imidazole rings is 1. The van der Waals surface area contributed by atoms with E-state index >= 15 is 0 Å². The van der Waals surface area contributed by atoms with Gasteiger partial charge in [-0.25, -0.2) is 0 Å². The van der Waals surface area contributed by atoms with Crippen molar-refractivity contribution in [3.05, 3.63) is 137 Å². The van der Waals surface area contributed by atoms with Gasteiger partial charge in [0.25, 0.3) is 0 Å². The molecule has 7 rings (SSSR count). The third-order valence-corrected chi connectivity index (χ3v) is 7.60. The number of rotatable bonds is 4. The van der Waals surface area contributed by atoms with Gasteiger partial charge in [0.05, 0.1) is 16.9 Å². The third kappa shape index (κ3) is 6.17. The zero-order chi connectivity index (χ0) is 32.6. The van der Waals surface area contributed by atoms with Crippen molar-refractivity contribution in [1.29, 1.82) is 0 Å². The molecule has 0 aliphatic rings. The Kier molecular flexibility index (Phi) is 8.13. The molecular formula is C39H35IrN3O-2. The number of benzene rings is 4. The van der Waals surface area contributed by atoms with E-state index in [0.29, 0.717) is 5.92 Å². The van der Waals surface area contributed by atoms with Crippen LogP contribution in [-0.4, -0.2) is 14.5 Å². The first-order valence-electron chi connectivity index (χ1n) is 15.9. The number of fused-ring (bicyclic) bond motifs is 2. The number of furan rings is 1. The Morgan fingerprint density at radius 1 is 0.864 bits per heavy atom. The van der Waals surface area contributed by atoms with E-state index in [1.165, 1.54) is 34.1 Å². The van der Waals surface area contributed by atoms with Crippen molar-refractivity contribution >= 4 is 22.0 Å². The average Bonchev–Trinajstić information content (AvgIpc) is 3.62. The molecule has 44 heavy (non-hydrogen) atoms. The molecule has 7 aromatic rings. The number of pyridine rings is 1. The van der Waals surface area contributed by atoms with Crippen molar-refractivity contribution in [2.45, 2.75) is 47.4 Å². The molecule has 0 aliphatic carbocycles. The van der Waals surface area contributed by atoms with Gasteiger partial charge in [0.2, 0.25) is 0 Å². The monoisotopic (exact) mass is 757 g/mol. The molecule has 0 saturated heterocycles. The topological polar surface area (TPSA) is 43.9 Å². The van der Waals surface area contributed by atoms with E-state index in [1.54, 1.807) is 18.2 Å². The Hall–Kier alpha value is -4.31. The van der Waals surface area contributed by atoms with Crippen LogP contribution in [0, 0.1) is 40.0 Å². The molecule has 5 heteroatoms. The Morgan fingerprint density at radius 2 is 1.64 bits per heavy atom. The summed E-state index contributed by atoms with van der Waals surface area (Å²) in [5, 5.41) is 1.04. The second-order valence-electron chi connectivity index (χ2n) is 11.2. The van der Waals surface area contributed by atoms with Gasteiger partial charge in [-0.15, -0.1) is 42.0 Å². The standard InChI is InChI=1S/C27H25N2O.C12H10N.Ir/c1-16(2)20-10-11-21-22(15-30-25(21)14-20)27-28-23-8-6-7-9-24(23)29(27)26-18(4)12-17(3)13-19(26)5;1-10-7-8-12(13-9-10)11-5-3-2-4-6-11;/h6-14,16H,1-5H3;2-5,7-9H,1H3;/q2*-1;/i;1D3;. The number of hydrogen-bond acceptors (Lipinski definition) is 3. The molecule has 0 fully saturated rings. The van der Waals surface area contributed by atoms with Gasteiger partial charge in [0.1, 0.15) is 0 Å². The molecule has 0 spiro atoms. The van der Waals surface area contributed by atoms with Crippen molar-refractivity contribution in [2.75, 3.05) is 0 Å². The van der Waals surface area contributed by atoms with Gasteiger partial charge >= 0.3 is 0 Å². The van der Waals surface area contributed by atoms with E-state index in [1.807, 2.05) is 24.3 Å². The zero-order valence-corrected chi connectivity index (χ0v) is 27.8. The molecule has 1 radical (unpaired) electrons. The van der Waals surface area contributed by atoms with E-state index < -0.39 is 6.85 Å². The van der Waals surface area contributed by atoms with Crippen molar-refractivity contribution in [3.63, 3.8) is 0 Å². The molecule has 0 N–H and O–H groups in total. The van der Waals surface area contributed by atoms with Gasteiger partial charge in [-0.2, -0.15) is 0 Å². The molecule has 0 saturated carbocycles. The van der Waals surface area contributed by atoms with Gasteiger partial charge in [-0.3, -0.25) is 4.98 Å². The SMILES string of the molecule is Cc1cc(C)c(-n2c(-c3[c-]oc4cc(C(C)C)ccc34)nc3ccccc32)c(C)c1.[2H]C([2H])([2H])c1ccc(-c2[c-]cccc2)nc1.[Ir]. The van der Waals surface area contributed by atoms with Crippen LogP contribution in [0.25, 0.3) is 50.3 Å². The van der Waals surface area contributed by atoms with Gasteiger partial charge in [0, 0.05) is 47.9 Å². The summed E-state index contributed by atoms with van der Waals surface area (Å²) in [4.78, 5) is 9.14. The maximum atomic E-state index is 7.23. The zero-order valence-electron chi connectivity index (χ0n) is 28.4. The smallest absolute Gasteiger partial charge is 0.0774 e. The van der Waals surface area contributed by atoms with Crippen LogP contribution in [0.5, 0.6) is 0 Å². The summed E-state index contributed by atoms with van der Waals surface area (Å²) in [6.07, 6.45) is 4.55. The van der Waals surface area contributed by atoms with Crippen molar-refractivity contribution < 1.29 is 28.6 Å². The maximum Gasteiger partial charge on any atom is 0.0774 e. The van der Waals surface area contributed by atoms with Gasteiger partial charge < -0.3 is 14.0 Å². The van der Waals surface area contributed by atoms with Crippen LogP contribution in [0.1, 0.15) is 51.7 Å². The molecule has 0 atom stereocenters. The minimum atomic E-state index is -2.09. The predicted octanol–water partition coefficient (Wildman–Crippen LogP) is 10.1. The largest absolute Gasteiger partial charge is 0.557 e. The Labute approximate surface area is 277 Å². The van der Waals surface area contributed by atoms with E-state index in [0.717, 1.165) is 44.6 Å². The molecule has 4 nitrogen and oxygen atoms in total. The predicted molar refractivity (Wildman–Crippen MR) is 177 cm³/mol. The van der Waals surface area contributed by atoms with E-state index in [-0.39, 0.29) is 25.7 Å². The molecule has 0 amide bonds. The number of para-hydroxylation sites is 2. The molecule has 4 aromatic carbocycles. The number of aryl methyl sites for hydroxylation is 4. The Balaban J connectivity index is 0.000000217. The second-order valence-corrected chi connectivity index (χ2v) is 11.2. The Bertz CT molecular complexity index is 2120. The molecule has 0 unspecified atom stereocenters. The first kappa shape index (κ1) is 27.3. The fourth-order valence-corrected chi connectivity index (χ4v) is 5.57. The molecule has 3 heterocycles. The maximum absolute atomic E-state index is 7.23. The van der Waals surface area contributed by atoms with Crippen LogP contribution < -0.4 is 0 Å². The fraction of sp³-hybridized carbons (Fsp3) is 0.179. The quantitative estimate of drug-likeness (QED) is 0.168. The van der Waals surface area contributed by atoms with E-state index in [4.69, 9.17) is 13.5 Å². The summed E-state index contributed by atoms with van der Waals surface area (Å²) in [6, 6.07) is 33.0. The number of hydrogen-bond donors (Lipinski definition) is 0. The Morgan fingerprint density at radius 3 is 2.32 bits per heavy atom. The summed E-state index contributed by atoms with van der Waals surface area (Å²) in [6.45, 7) is 8.76. The first-order valence-corrected chi connectivity index (χ1v) is 14.4. The summed E-state index contributed by atoms with van der Waals surface area (Å²) >= 11 is 0. The van der Waals surface area contributed by atoms with Gasteiger partial charge in [-0.05, 0) is 68.1 Å². The van der Waals surface area contributed by atoms with Crippen LogP contribution in [0.2, 0.25) is 0 Å².